The number of methoxy groups -OCH3 is 2. The first-order valence-electron chi connectivity index (χ1n) is 8.63. The predicted molar refractivity (Wildman–Crippen MR) is 89.5 cm³/mol. The molecule has 1 aromatic rings. The van der Waals surface area contributed by atoms with E-state index in [-0.39, 0.29) is 24.3 Å². The summed E-state index contributed by atoms with van der Waals surface area (Å²) in [5.41, 5.74) is 0. The highest BCUT2D eigenvalue weighted by molar-refractivity contribution is 5.85. The van der Waals surface area contributed by atoms with Crippen molar-refractivity contribution in [1.29, 1.82) is 0 Å². The average Bonchev–Trinajstić information content (AvgIpc) is 3.06. The third-order valence-corrected chi connectivity index (χ3v) is 4.83. The zero-order valence-corrected chi connectivity index (χ0v) is 14.7. The van der Waals surface area contributed by atoms with Crippen molar-refractivity contribution in [3.05, 3.63) is 11.9 Å². The van der Waals surface area contributed by atoms with E-state index in [4.69, 9.17) is 9.47 Å². The molecule has 0 unspecified atom stereocenters. The molecule has 0 atom stereocenters. The number of carbonyl (C=O) groups excluding carboxylic acids is 2. The molecule has 8 nitrogen and oxygen atoms in total. The number of likely N-dealkylation sites (tertiary alicyclic amines) is 2. The van der Waals surface area contributed by atoms with Crippen LogP contribution in [0.4, 0.5) is 0 Å². The number of aromatic nitrogens is 2. The minimum absolute atomic E-state index is 0.0258. The normalized spacial score (nSPS) is 18.6. The van der Waals surface area contributed by atoms with Gasteiger partial charge in [0.15, 0.2) is 0 Å². The number of ether oxygens (including phenoxy) is 2. The summed E-state index contributed by atoms with van der Waals surface area (Å²) in [6, 6.07) is 1.65. The quantitative estimate of drug-likeness (QED) is 0.783. The van der Waals surface area contributed by atoms with Gasteiger partial charge in [0, 0.05) is 32.0 Å². The Bertz CT molecular complexity index is 621. The second kappa shape index (κ2) is 7.67. The lowest BCUT2D eigenvalue weighted by molar-refractivity contribution is -0.139. The number of amides is 2. The molecule has 1 aromatic heterocycles. The first kappa shape index (κ1) is 17.4. The minimum atomic E-state index is 0.0258. The minimum Gasteiger partial charge on any atom is -0.481 e. The fourth-order valence-electron chi connectivity index (χ4n) is 3.33. The van der Waals surface area contributed by atoms with Crippen LogP contribution in [0.3, 0.4) is 0 Å². The summed E-state index contributed by atoms with van der Waals surface area (Å²) in [6.45, 7) is 2.19. The Morgan fingerprint density at radius 2 is 1.80 bits per heavy atom. The first-order chi connectivity index (χ1) is 12.1. The van der Waals surface area contributed by atoms with Crippen LogP contribution in [-0.2, 0) is 9.59 Å². The van der Waals surface area contributed by atoms with Crippen molar-refractivity contribution in [1.82, 2.24) is 19.8 Å². The van der Waals surface area contributed by atoms with Crippen molar-refractivity contribution < 1.29 is 19.1 Å². The van der Waals surface area contributed by atoms with Gasteiger partial charge in [-0.1, -0.05) is 0 Å². The van der Waals surface area contributed by atoms with Crippen LogP contribution in [0.1, 0.15) is 37.4 Å². The molecule has 2 amide bonds. The molecule has 8 heteroatoms. The number of hydrogen-bond acceptors (Lipinski definition) is 6. The number of nitrogens with zero attached hydrogens (tertiary/aromatic N) is 4. The summed E-state index contributed by atoms with van der Waals surface area (Å²) >= 11 is 0. The highest BCUT2D eigenvalue weighted by Gasteiger charge is 2.29. The smallest absolute Gasteiger partial charge is 0.242 e. The van der Waals surface area contributed by atoms with Crippen molar-refractivity contribution in [2.45, 2.75) is 31.6 Å². The molecule has 2 aliphatic heterocycles. The molecule has 2 aliphatic rings. The Morgan fingerprint density at radius 1 is 1.16 bits per heavy atom. The van der Waals surface area contributed by atoms with Crippen LogP contribution < -0.4 is 9.47 Å². The van der Waals surface area contributed by atoms with Crippen LogP contribution in [0.15, 0.2) is 6.07 Å². The summed E-state index contributed by atoms with van der Waals surface area (Å²) in [5.74, 6) is 1.93. The van der Waals surface area contributed by atoms with Crippen LogP contribution in [0.2, 0.25) is 0 Å². The first-order valence-corrected chi connectivity index (χ1v) is 8.63. The van der Waals surface area contributed by atoms with Gasteiger partial charge < -0.3 is 19.3 Å². The van der Waals surface area contributed by atoms with E-state index in [0.717, 1.165) is 19.3 Å². The SMILES string of the molecule is COc1cc(OC)nc(C2CCN(C(=O)CN3CCCC3=O)CC2)n1. The van der Waals surface area contributed by atoms with Gasteiger partial charge in [0.2, 0.25) is 23.6 Å². The van der Waals surface area contributed by atoms with Gasteiger partial charge in [-0.3, -0.25) is 9.59 Å². The van der Waals surface area contributed by atoms with E-state index in [0.29, 0.717) is 43.6 Å². The summed E-state index contributed by atoms with van der Waals surface area (Å²) < 4.78 is 10.4. The molecule has 136 valence electrons. The van der Waals surface area contributed by atoms with Crippen LogP contribution in [0.25, 0.3) is 0 Å². The van der Waals surface area contributed by atoms with Crippen LogP contribution in [0.5, 0.6) is 11.8 Å². The van der Waals surface area contributed by atoms with Gasteiger partial charge in [0.1, 0.15) is 5.82 Å². The molecule has 0 aliphatic carbocycles. The fourth-order valence-corrected chi connectivity index (χ4v) is 3.33. The number of carbonyl (C=O) groups is 2. The topological polar surface area (TPSA) is 84.9 Å². The average molecular weight is 348 g/mol. The van der Waals surface area contributed by atoms with E-state index in [1.165, 1.54) is 0 Å². The van der Waals surface area contributed by atoms with E-state index in [1.807, 2.05) is 4.90 Å². The Labute approximate surface area is 147 Å². The monoisotopic (exact) mass is 348 g/mol. The maximum atomic E-state index is 12.4. The molecule has 2 saturated heterocycles. The molecule has 0 spiro atoms. The third kappa shape index (κ3) is 4.00. The standard InChI is InChI=1S/C17H24N4O4/c1-24-13-10-14(25-2)19-17(18-13)12-5-8-20(9-6-12)16(23)11-21-7-3-4-15(21)22/h10,12H,3-9,11H2,1-2H3. The highest BCUT2D eigenvalue weighted by atomic mass is 16.5. The Balaban J connectivity index is 1.58. The Morgan fingerprint density at radius 3 is 2.32 bits per heavy atom. The third-order valence-electron chi connectivity index (χ3n) is 4.83. The Kier molecular flexibility index (Phi) is 5.35. The van der Waals surface area contributed by atoms with Crippen molar-refractivity contribution >= 4 is 11.8 Å². The second-order valence-corrected chi connectivity index (χ2v) is 6.38. The van der Waals surface area contributed by atoms with Crippen molar-refractivity contribution in [2.75, 3.05) is 40.4 Å². The molecule has 0 radical (unpaired) electrons. The van der Waals surface area contributed by atoms with Gasteiger partial charge in [-0.15, -0.1) is 0 Å². The van der Waals surface area contributed by atoms with Crippen LogP contribution >= 0.6 is 0 Å². The van der Waals surface area contributed by atoms with Gasteiger partial charge in [0.05, 0.1) is 26.8 Å². The van der Waals surface area contributed by atoms with Gasteiger partial charge in [-0.05, 0) is 19.3 Å². The van der Waals surface area contributed by atoms with E-state index in [1.54, 1.807) is 25.2 Å². The second-order valence-electron chi connectivity index (χ2n) is 6.38. The van der Waals surface area contributed by atoms with Gasteiger partial charge in [0.25, 0.3) is 0 Å². The lowest BCUT2D eigenvalue weighted by atomic mass is 9.96. The Hall–Kier alpha value is -2.38. The van der Waals surface area contributed by atoms with Crippen molar-refractivity contribution in [3.8, 4) is 11.8 Å². The zero-order chi connectivity index (χ0) is 17.8. The lowest BCUT2D eigenvalue weighted by Gasteiger charge is -2.32. The van der Waals surface area contributed by atoms with E-state index in [2.05, 4.69) is 9.97 Å². The fraction of sp³-hybridized carbons (Fsp3) is 0.647. The molecule has 25 heavy (non-hydrogen) atoms. The number of piperidine rings is 1. The number of rotatable bonds is 5. The van der Waals surface area contributed by atoms with E-state index >= 15 is 0 Å². The maximum absolute atomic E-state index is 12.4. The summed E-state index contributed by atoms with van der Waals surface area (Å²) in [4.78, 5) is 36.4. The summed E-state index contributed by atoms with van der Waals surface area (Å²) in [6.07, 6.45) is 2.99. The maximum Gasteiger partial charge on any atom is 0.242 e. The molecule has 3 rings (SSSR count). The van der Waals surface area contributed by atoms with Gasteiger partial charge in [-0.2, -0.15) is 9.97 Å². The van der Waals surface area contributed by atoms with Crippen molar-refractivity contribution in [2.24, 2.45) is 0 Å². The lowest BCUT2D eigenvalue weighted by Crippen LogP contribution is -2.44. The van der Waals surface area contributed by atoms with Crippen molar-refractivity contribution in [3.63, 3.8) is 0 Å². The number of hydrogen-bond donors (Lipinski definition) is 0. The van der Waals surface area contributed by atoms with Gasteiger partial charge >= 0.3 is 0 Å². The summed E-state index contributed by atoms with van der Waals surface area (Å²) in [7, 11) is 3.12. The molecular formula is C17H24N4O4. The van der Waals surface area contributed by atoms with E-state index < -0.39 is 0 Å². The molecule has 3 heterocycles. The summed E-state index contributed by atoms with van der Waals surface area (Å²) in [5, 5.41) is 0. The van der Waals surface area contributed by atoms with Gasteiger partial charge in [-0.25, -0.2) is 0 Å². The highest BCUT2D eigenvalue weighted by Crippen LogP contribution is 2.28. The zero-order valence-electron chi connectivity index (χ0n) is 14.7. The molecule has 0 N–H and O–H groups in total. The largest absolute Gasteiger partial charge is 0.481 e. The molecule has 0 bridgehead atoms. The van der Waals surface area contributed by atoms with Crippen LogP contribution in [-0.4, -0.2) is 72.0 Å². The molecule has 0 saturated carbocycles. The van der Waals surface area contributed by atoms with Crippen LogP contribution in [0, 0.1) is 0 Å². The molecule has 0 aromatic carbocycles. The predicted octanol–water partition coefficient (Wildman–Crippen LogP) is 0.822. The molecular weight excluding hydrogens is 324 g/mol. The molecule has 2 fully saturated rings. The van der Waals surface area contributed by atoms with E-state index in [9.17, 15) is 9.59 Å².